The Morgan fingerprint density at radius 1 is 1.27 bits per heavy atom. The monoisotopic (exact) mass is 297 g/mol. The van der Waals surface area contributed by atoms with Crippen LogP contribution in [0.2, 0.25) is 0 Å². The van der Waals surface area contributed by atoms with Crippen molar-refractivity contribution in [3.05, 3.63) is 35.4 Å². The third kappa shape index (κ3) is 3.04. The first-order valence-electron chi connectivity index (χ1n) is 7.87. The summed E-state index contributed by atoms with van der Waals surface area (Å²) < 4.78 is 5.41. The molecule has 1 aromatic carbocycles. The molecule has 1 aromatic rings. The number of nitriles is 1. The first kappa shape index (κ1) is 14.8. The zero-order chi connectivity index (χ0) is 15.5. The van der Waals surface area contributed by atoms with Gasteiger partial charge in [0.2, 0.25) is 0 Å². The first-order valence-corrected chi connectivity index (χ1v) is 7.87. The number of Topliss-reactive ketones (excluding diaryl/α,β-unsaturated/α-hetero) is 1. The highest BCUT2D eigenvalue weighted by Gasteiger charge is 2.41. The van der Waals surface area contributed by atoms with Crippen molar-refractivity contribution < 1.29 is 14.3 Å². The Kier molecular flexibility index (Phi) is 4.24. The van der Waals surface area contributed by atoms with Crippen molar-refractivity contribution in [3.8, 4) is 6.07 Å². The van der Waals surface area contributed by atoms with Crippen LogP contribution in [0.25, 0.3) is 0 Å². The van der Waals surface area contributed by atoms with Gasteiger partial charge in [-0.3, -0.25) is 9.59 Å². The van der Waals surface area contributed by atoms with Gasteiger partial charge < -0.3 is 4.74 Å². The van der Waals surface area contributed by atoms with Crippen molar-refractivity contribution in [3.63, 3.8) is 0 Å². The lowest BCUT2D eigenvalue weighted by Gasteiger charge is -2.36. The Morgan fingerprint density at radius 2 is 2.00 bits per heavy atom. The number of hydrogen-bond acceptors (Lipinski definition) is 4. The highest BCUT2D eigenvalue weighted by molar-refractivity contribution is 5.87. The van der Waals surface area contributed by atoms with Gasteiger partial charge in [0.05, 0.1) is 17.6 Å². The van der Waals surface area contributed by atoms with Gasteiger partial charge in [-0.05, 0) is 43.4 Å². The second kappa shape index (κ2) is 6.31. The lowest BCUT2D eigenvalue weighted by Crippen LogP contribution is -2.39. The highest BCUT2D eigenvalue weighted by atomic mass is 16.5. The molecule has 2 aliphatic carbocycles. The van der Waals surface area contributed by atoms with Gasteiger partial charge in [0, 0.05) is 11.8 Å². The standard InChI is InChI=1S/C18H19NO3/c19-10-12-3-1-4-13(7-12)11-22-18(21)16-8-14-5-2-6-15(9-16)17(14)20/h1,3-4,7,14-16H,2,5-6,8-9,11H2/t14-,15+,16?. The molecule has 4 nitrogen and oxygen atoms in total. The molecule has 4 heteroatoms. The molecule has 2 bridgehead atoms. The van der Waals surface area contributed by atoms with Crippen LogP contribution in [0.4, 0.5) is 0 Å². The van der Waals surface area contributed by atoms with Crippen LogP contribution in [-0.2, 0) is 20.9 Å². The van der Waals surface area contributed by atoms with Crippen LogP contribution in [0.15, 0.2) is 24.3 Å². The van der Waals surface area contributed by atoms with Gasteiger partial charge in [0.25, 0.3) is 0 Å². The third-order valence-electron chi connectivity index (χ3n) is 4.82. The highest BCUT2D eigenvalue weighted by Crippen LogP contribution is 2.40. The van der Waals surface area contributed by atoms with Gasteiger partial charge in [-0.15, -0.1) is 0 Å². The molecule has 2 fully saturated rings. The van der Waals surface area contributed by atoms with Gasteiger partial charge in [-0.25, -0.2) is 0 Å². The van der Waals surface area contributed by atoms with E-state index in [2.05, 4.69) is 6.07 Å². The molecule has 0 heterocycles. The van der Waals surface area contributed by atoms with Crippen LogP contribution in [0.3, 0.4) is 0 Å². The van der Waals surface area contributed by atoms with Gasteiger partial charge >= 0.3 is 5.97 Å². The van der Waals surface area contributed by atoms with E-state index in [0.717, 1.165) is 24.8 Å². The zero-order valence-corrected chi connectivity index (χ0v) is 12.5. The fourth-order valence-corrected chi connectivity index (χ4v) is 3.68. The average Bonchev–Trinajstić information content (AvgIpc) is 2.52. The summed E-state index contributed by atoms with van der Waals surface area (Å²) in [6, 6.07) is 9.15. The van der Waals surface area contributed by atoms with Crippen molar-refractivity contribution in [1.29, 1.82) is 5.26 Å². The number of hydrogen-bond donors (Lipinski definition) is 0. The number of nitrogens with zero attached hydrogens (tertiary/aromatic N) is 1. The van der Waals surface area contributed by atoms with E-state index in [-0.39, 0.29) is 30.3 Å². The van der Waals surface area contributed by atoms with Crippen molar-refractivity contribution in [2.75, 3.05) is 0 Å². The van der Waals surface area contributed by atoms with Crippen LogP contribution in [0.1, 0.15) is 43.2 Å². The Hall–Kier alpha value is -2.15. The lowest BCUT2D eigenvalue weighted by molar-refractivity contribution is -0.154. The number of ether oxygens (including phenoxy) is 1. The van der Waals surface area contributed by atoms with E-state index in [1.807, 2.05) is 6.07 Å². The molecule has 3 rings (SSSR count). The fourth-order valence-electron chi connectivity index (χ4n) is 3.68. The Balaban J connectivity index is 1.58. The van der Waals surface area contributed by atoms with Crippen molar-refractivity contribution in [1.82, 2.24) is 0 Å². The van der Waals surface area contributed by atoms with Crippen LogP contribution in [0, 0.1) is 29.1 Å². The quantitative estimate of drug-likeness (QED) is 0.804. The molecule has 0 amide bonds. The summed E-state index contributed by atoms with van der Waals surface area (Å²) in [5.41, 5.74) is 1.38. The number of esters is 1. The molecule has 0 radical (unpaired) electrons. The summed E-state index contributed by atoms with van der Waals surface area (Å²) in [6.07, 6.45) is 4.23. The number of ketones is 1. The molecule has 22 heavy (non-hydrogen) atoms. The number of fused-ring (bicyclic) bond motifs is 2. The van der Waals surface area contributed by atoms with Gasteiger partial charge in [-0.2, -0.15) is 5.26 Å². The second-order valence-corrected chi connectivity index (χ2v) is 6.32. The smallest absolute Gasteiger partial charge is 0.309 e. The maximum absolute atomic E-state index is 12.3. The summed E-state index contributed by atoms with van der Waals surface area (Å²) in [5, 5.41) is 8.87. The fraction of sp³-hybridized carbons (Fsp3) is 0.500. The second-order valence-electron chi connectivity index (χ2n) is 6.32. The summed E-state index contributed by atoms with van der Waals surface area (Å²) in [6.45, 7) is 0.189. The minimum Gasteiger partial charge on any atom is -0.461 e. The SMILES string of the molecule is N#Cc1cccc(COC(=O)C2C[C@H]3CCC[C@@H](C2)C3=O)c1. The molecule has 114 valence electrons. The van der Waals surface area contributed by atoms with Crippen molar-refractivity contribution >= 4 is 11.8 Å². The predicted octanol–water partition coefficient (Wildman–Crippen LogP) is 3.00. The van der Waals surface area contributed by atoms with Gasteiger partial charge in [-0.1, -0.05) is 18.6 Å². The minimum atomic E-state index is -0.202. The number of carbonyl (C=O) groups is 2. The molecule has 0 aromatic heterocycles. The third-order valence-corrected chi connectivity index (χ3v) is 4.82. The van der Waals surface area contributed by atoms with Crippen LogP contribution < -0.4 is 0 Å². The number of rotatable bonds is 3. The Labute approximate surface area is 130 Å². The topological polar surface area (TPSA) is 67.2 Å². The predicted molar refractivity (Wildman–Crippen MR) is 79.5 cm³/mol. The molecule has 3 atom stereocenters. The summed E-state index contributed by atoms with van der Waals surface area (Å²) in [7, 11) is 0. The van der Waals surface area contributed by atoms with E-state index in [4.69, 9.17) is 10.00 Å². The molecule has 0 saturated heterocycles. The molecule has 0 N–H and O–H groups in total. The van der Waals surface area contributed by atoms with Crippen LogP contribution in [-0.4, -0.2) is 11.8 Å². The maximum Gasteiger partial charge on any atom is 0.309 e. The van der Waals surface area contributed by atoms with E-state index < -0.39 is 0 Å². The van der Waals surface area contributed by atoms with E-state index >= 15 is 0 Å². The number of carbonyl (C=O) groups excluding carboxylic acids is 2. The summed E-state index contributed by atoms with van der Waals surface area (Å²) in [5.74, 6) is 0.134. The first-order chi connectivity index (χ1) is 10.7. The van der Waals surface area contributed by atoms with E-state index in [1.54, 1.807) is 18.2 Å². The molecular weight excluding hydrogens is 278 g/mol. The Bertz CT molecular complexity index is 615. The Morgan fingerprint density at radius 3 is 2.68 bits per heavy atom. The molecule has 0 spiro atoms. The van der Waals surface area contributed by atoms with Crippen molar-refractivity contribution in [2.45, 2.75) is 38.7 Å². The summed E-state index contributed by atoms with van der Waals surface area (Å²) >= 11 is 0. The molecule has 0 aliphatic heterocycles. The van der Waals surface area contributed by atoms with Crippen molar-refractivity contribution in [2.24, 2.45) is 17.8 Å². The van der Waals surface area contributed by atoms with Crippen LogP contribution >= 0.6 is 0 Å². The average molecular weight is 297 g/mol. The summed E-state index contributed by atoms with van der Waals surface area (Å²) in [4.78, 5) is 24.3. The minimum absolute atomic E-state index is 0.0620. The van der Waals surface area contributed by atoms with Crippen LogP contribution in [0.5, 0.6) is 0 Å². The van der Waals surface area contributed by atoms with E-state index in [1.165, 1.54) is 0 Å². The number of benzene rings is 1. The lowest BCUT2D eigenvalue weighted by atomic mass is 9.67. The zero-order valence-electron chi connectivity index (χ0n) is 12.5. The maximum atomic E-state index is 12.3. The molecular formula is C18H19NO3. The normalized spacial score (nSPS) is 27.0. The molecule has 2 saturated carbocycles. The largest absolute Gasteiger partial charge is 0.461 e. The van der Waals surface area contributed by atoms with E-state index in [9.17, 15) is 9.59 Å². The molecule has 2 aliphatic rings. The van der Waals surface area contributed by atoms with Gasteiger partial charge in [0.1, 0.15) is 12.4 Å². The van der Waals surface area contributed by atoms with Gasteiger partial charge in [0.15, 0.2) is 0 Å². The molecule has 1 unspecified atom stereocenters. The van der Waals surface area contributed by atoms with E-state index in [0.29, 0.717) is 24.2 Å².